The van der Waals surface area contributed by atoms with E-state index in [9.17, 15) is 4.79 Å². The number of hydrogen-bond acceptors (Lipinski definition) is 2. The monoisotopic (exact) mass is 334 g/mol. The van der Waals surface area contributed by atoms with Crippen LogP contribution in [-0.2, 0) is 5.54 Å². The normalized spacial score (nSPS) is 11.1. The summed E-state index contributed by atoms with van der Waals surface area (Å²) in [4.78, 5) is 13.2. The largest absolute Gasteiger partial charge is 0.329 e. The number of rotatable bonds is 4. The van der Waals surface area contributed by atoms with Crippen LogP contribution in [0.4, 0.5) is 10.5 Å². The summed E-state index contributed by atoms with van der Waals surface area (Å²) in [5.74, 6) is 0. The molecule has 22 heavy (non-hydrogen) atoms. The van der Waals surface area contributed by atoms with Crippen LogP contribution in [0.15, 0.2) is 53.4 Å². The standard InChI is InChI=1S/C17H19ClN2OS/c1-17(2,12-9-10-15(22-3)14(18)11-12)20-16(21)19-13-7-5-4-6-8-13/h4-11H,1-3H3,(H2,19,20,21). The molecule has 2 aromatic carbocycles. The number of para-hydroxylation sites is 1. The van der Waals surface area contributed by atoms with Gasteiger partial charge < -0.3 is 10.6 Å². The molecule has 0 saturated heterocycles. The molecule has 0 heterocycles. The molecule has 0 fully saturated rings. The van der Waals surface area contributed by atoms with E-state index in [1.807, 2.05) is 68.6 Å². The van der Waals surface area contributed by atoms with Crippen molar-refractivity contribution in [2.24, 2.45) is 0 Å². The van der Waals surface area contributed by atoms with Crippen LogP contribution in [0, 0.1) is 0 Å². The lowest BCUT2D eigenvalue weighted by atomic mass is 9.94. The van der Waals surface area contributed by atoms with Gasteiger partial charge in [-0.2, -0.15) is 0 Å². The van der Waals surface area contributed by atoms with Crippen molar-refractivity contribution >= 4 is 35.1 Å². The van der Waals surface area contributed by atoms with Crippen LogP contribution in [-0.4, -0.2) is 12.3 Å². The summed E-state index contributed by atoms with van der Waals surface area (Å²) >= 11 is 7.85. The summed E-state index contributed by atoms with van der Waals surface area (Å²) in [7, 11) is 0. The molecule has 3 nitrogen and oxygen atoms in total. The maximum absolute atomic E-state index is 12.2. The average Bonchev–Trinajstić information content (AvgIpc) is 2.47. The van der Waals surface area contributed by atoms with Gasteiger partial charge in [0.2, 0.25) is 0 Å². The van der Waals surface area contributed by atoms with E-state index in [4.69, 9.17) is 11.6 Å². The van der Waals surface area contributed by atoms with Crippen molar-refractivity contribution < 1.29 is 4.79 Å². The lowest BCUT2D eigenvalue weighted by molar-refractivity contribution is 0.242. The van der Waals surface area contributed by atoms with Crippen molar-refractivity contribution in [3.63, 3.8) is 0 Å². The second-order valence-corrected chi connectivity index (χ2v) is 6.67. The Labute approximate surface area is 140 Å². The highest BCUT2D eigenvalue weighted by Crippen LogP contribution is 2.30. The molecule has 0 aliphatic rings. The number of urea groups is 1. The molecule has 0 unspecified atom stereocenters. The fourth-order valence-corrected chi connectivity index (χ4v) is 2.97. The molecule has 5 heteroatoms. The van der Waals surface area contributed by atoms with Crippen LogP contribution in [0.25, 0.3) is 0 Å². The highest BCUT2D eigenvalue weighted by Gasteiger charge is 2.23. The molecule has 2 amide bonds. The number of amides is 2. The van der Waals surface area contributed by atoms with E-state index >= 15 is 0 Å². The number of hydrogen-bond donors (Lipinski definition) is 2. The molecule has 2 N–H and O–H groups in total. The molecule has 0 aliphatic heterocycles. The fourth-order valence-electron chi connectivity index (χ4n) is 2.09. The van der Waals surface area contributed by atoms with Gasteiger partial charge >= 0.3 is 6.03 Å². The first-order chi connectivity index (χ1) is 10.4. The van der Waals surface area contributed by atoms with Crippen molar-refractivity contribution in [2.45, 2.75) is 24.3 Å². The molecular formula is C17H19ClN2OS. The minimum absolute atomic E-state index is 0.249. The first-order valence-electron chi connectivity index (χ1n) is 6.90. The number of carbonyl (C=O) groups is 1. The predicted octanol–water partition coefficient (Wildman–Crippen LogP) is 5.12. The van der Waals surface area contributed by atoms with Gasteiger partial charge in [-0.3, -0.25) is 0 Å². The van der Waals surface area contributed by atoms with Gasteiger partial charge in [-0.15, -0.1) is 11.8 Å². The maximum atomic E-state index is 12.2. The van der Waals surface area contributed by atoms with Gasteiger partial charge in [0.05, 0.1) is 10.6 Å². The molecule has 2 rings (SSSR count). The SMILES string of the molecule is CSc1ccc(C(C)(C)NC(=O)Nc2ccccc2)cc1Cl. The quantitative estimate of drug-likeness (QED) is 0.762. The van der Waals surface area contributed by atoms with E-state index in [2.05, 4.69) is 10.6 Å². The molecular weight excluding hydrogens is 316 g/mol. The van der Waals surface area contributed by atoms with Crippen LogP contribution < -0.4 is 10.6 Å². The lowest BCUT2D eigenvalue weighted by Gasteiger charge is -2.27. The van der Waals surface area contributed by atoms with Crippen LogP contribution >= 0.6 is 23.4 Å². The Bertz CT molecular complexity index is 659. The van der Waals surface area contributed by atoms with Crippen LogP contribution in [0.5, 0.6) is 0 Å². The maximum Gasteiger partial charge on any atom is 0.319 e. The summed E-state index contributed by atoms with van der Waals surface area (Å²) in [6, 6.07) is 15.0. The zero-order valence-electron chi connectivity index (χ0n) is 12.8. The zero-order chi connectivity index (χ0) is 16.2. The van der Waals surface area contributed by atoms with Crippen LogP contribution in [0.2, 0.25) is 5.02 Å². The minimum Gasteiger partial charge on any atom is -0.329 e. The number of carbonyl (C=O) groups excluding carboxylic acids is 1. The highest BCUT2D eigenvalue weighted by molar-refractivity contribution is 7.98. The minimum atomic E-state index is -0.528. The third-order valence-electron chi connectivity index (χ3n) is 3.33. The molecule has 116 valence electrons. The Kier molecular flexibility index (Phi) is 5.37. The van der Waals surface area contributed by atoms with Gasteiger partial charge in [0, 0.05) is 10.6 Å². The van der Waals surface area contributed by atoms with Crippen molar-refractivity contribution in [2.75, 3.05) is 11.6 Å². The van der Waals surface area contributed by atoms with Crippen molar-refractivity contribution in [1.82, 2.24) is 5.32 Å². The second kappa shape index (κ2) is 7.07. The molecule has 0 atom stereocenters. The molecule has 0 radical (unpaired) electrons. The van der Waals surface area contributed by atoms with Crippen LogP contribution in [0.3, 0.4) is 0 Å². The molecule has 2 aromatic rings. The molecule has 0 spiro atoms. The number of nitrogens with one attached hydrogen (secondary N) is 2. The molecule has 0 bridgehead atoms. The average molecular weight is 335 g/mol. The van der Waals surface area contributed by atoms with E-state index < -0.39 is 5.54 Å². The van der Waals surface area contributed by atoms with E-state index in [1.54, 1.807) is 11.8 Å². The first kappa shape index (κ1) is 16.7. The smallest absolute Gasteiger partial charge is 0.319 e. The lowest BCUT2D eigenvalue weighted by Crippen LogP contribution is -2.43. The number of anilines is 1. The second-order valence-electron chi connectivity index (χ2n) is 5.42. The van der Waals surface area contributed by atoms with E-state index in [-0.39, 0.29) is 6.03 Å². The summed E-state index contributed by atoms with van der Waals surface area (Å²) in [5, 5.41) is 6.49. The fraction of sp³-hybridized carbons (Fsp3) is 0.235. The zero-order valence-corrected chi connectivity index (χ0v) is 14.4. The number of thioether (sulfide) groups is 1. The Morgan fingerprint density at radius 1 is 1.14 bits per heavy atom. The van der Waals surface area contributed by atoms with E-state index in [0.29, 0.717) is 5.02 Å². The van der Waals surface area contributed by atoms with Gasteiger partial charge in [-0.1, -0.05) is 35.9 Å². The van der Waals surface area contributed by atoms with Gasteiger partial charge in [-0.05, 0) is 49.9 Å². The molecule has 0 aromatic heterocycles. The summed E-state index contributed by atoms with van der Waals surface area (Å²) in [6.07, 6.45) is 1.98. The molecule has 0 saturated carbocycles. The summed E-state index contributed by atoms with van der Waals surface area (Å²) in [5.41, 5.74) is 1.18. The summed E-state index contributed by atoms with van der Waals surface area (Å²) in [6.45, 7) is 3.89. The summed E-state index contributed by atoms with van der Waals surface area (Å²) < 4.78 is 0. The number of halogens is 1. The van der Waals surface area contributed by atoms with Crippen molar-refractivity contribution in [3.8, 4) is 0 Å². The van der Waals surface area contributed by atoms with Gasteiger partial charge in [0.1, 0.15) is 0 Å². The van der Waals surface area contributed by atoms with E-state index in [1.165, 1.54) is 0 Å². The Balaban J connectivity index is 2.10. The Hall–Kier alpha value is -1.65. The van der Waals surface area contributed by atoms with Crippen molar-refractivity contribution in [3.05, 3.63) is 59.1 Å². The first-order valence-corrected chi connectivity index (χ1v) is 8.51. The molecule has 0 aliphatic carbocycles. The highest BCUT2D eigenvalue weighted by atomic mass is 35.5. The van der Waals surface area contributed by atoms with E-state index in [0.717, 1.165) is 16.1 Å². The third-order valence-corrected chi connectivity index (χ3v) is 4.55. The van der Waals surface area contributed by atoms with Gasteiger partial charge in [0.15, 0.2) is 0 Å². The Morgan fingerprint density at radius 3 is 2.41 bits per heavy atom. The predicted molar refractivity (Wildman–Crippen MR) is 94.9 cm³/mol. The van der Waals surface area contributed by atoms with Crippen molar-refractivity contribution in [1.29, 1.82) is 0 Å². The van der Waals surface area contributed by atoms with Gasteiger partial charge in [0.25, 0.3) is 0 Å². The number of benzene rings is 2. The Morgan fingerprint density at radius 2 is 1.82 bits per heavy atom. The third kappa shape index (κ3) is 4.18. The van der Waals surface area contributed by atoms with Gasteiger partial charge in [-0.25, -0.2) is 4.79 Å². The topological polar surface area (TPSA) is 41.1 Å². The van der Waals surface area contributed by atoms with Crippen LogP contribution in [0.1, 0.15) is 19.4 Å².